The van der Waals surface area contributed by atoms with E-state index in [0.717, 1.165) is 11.8 Å². The van der Waals surface area contributed by atoms with Gasteiger partial charge in [0.1, 0.15) is 0 Å². The average molecular weight is 395 g/mol. The zero-order valence-corrected chi connectivity index (χ0v) is 19.3. The van der Waals surface area contributed by atoms with Gasteiger partial charge in [0, 0.05) is 38.1 Å². The maximum Gasteiger partial charge on any atom is 0.0366 e. The van der Waals surface area contributed by atoms with Crippen LogP contribution in [0.25, 0.3) is 0 Å². The SMILES string of the molecule is CC1=CC=C(N(C)CCC(C)CCCC2CCN(c3ccc(C)cc3)CC2)CC1. The first-order chi connectivity index (χ1) is 14.0. The predicted molar refractivity (Wildman–Crippen MR) is 127 cm³/mol. The molecule has 3 rings (SSSR count). The van der Waals surface area contributed by atoms with Gasteiger partial charge in [-0.1, -0.05) is 55.5 Å². The highest BCUT2D eigenvalue weighted by Gasteiger charge is 2.19. The number of rotatable bonds is 9. The van der Waals surface area contributed by atoms with Crippen molar-refractivity contribution in [1.82, 2.24) is 4.90 Å². The van der Waals surface area contributed by atoms with Gasteiger partial charge in [0.2, 0.25) is 0 Å². The molecule has 0 N–H and O–H groups in total. The molecule has 29 heavy (non-hydrogen) atoms. The van der Waals surface area contributed by atoms with Crippen molar-refractivity contribution in [3.05, 3.63) is 53.3 Å². The molecule has 1 saturated heterocycles. The quantitative estimate of drug-likeness (QED) is 0.446. The molecule has 1 heterocycles. The Kier molecular flexibility index (Phi) is 8.27. The third kappa shape index (κ3) is 6.94. The number of aryl methyl sites for hydroxylation is 1. The summed E-state index contributed by atoms with van der Waals surface area (Å²) in [7, 11) is 2.27. The largest absolute Gasteiger partial charge is 0.378 e. The van der Waals surface area contributed by atoms with Crippen molar-refractivity contribution in [2.45, 2.75) is 72.1 Å². The van der Waals surface area contributed by atoms with Crippen LogP contribution in [0.5, 0.6) is 0 Å². The standard InChI is InChI=1S/C27H42N2/c1-22(16-19-28(4)26-12-8-23(2)9-13-26)6-5-7-25-17-20-29(21-18-25)27-14-10-24(3)11-15-27/h8,10-12,14-15,22,25H,5-7,9,13,16-21H2,1-4H3. The van der Waals surface area contributed by atoms with Crippen molar-refractivity contribution in [1.29, 1.82) is 0 Å². The Morgan fingerprint density at radius 2 is 1.72 bits per heavy atom. The van der Waals surface area contributed by atoms with Crippen molar-refractivity contribution in [3.63, 3.8) is 0 Å². The van der Waals surface area contributed by atoms with E-state index in [9.17, 15) is 0 Å². The van der Waals surface area contributed by atoms with Crippen LogP contribution in [0.3, 0.4) is 0 Å². The number of benzene rings is 1. The average Bonchev–Trinajstić information content (AvgIpc) is 2.74. The Bertz CT molecular complexity index is 677. The Balaban J connectivity index is 1.29. The summed E-state index contributed by atoms with van der Waals surface area (Å²) < 4.78 is 0. The van der Waals surface area contributed by atoms with E-state index < -0.39 is 0 Å². The Morgan fingerprint density at radius 1 is 1.00 bits per heavy atom. The highest BCUT2D eigenvalue weighted by atomic mass is 15.1. The zero-order valence-electron chi connectivity index (χ0n) is 19.3. The first-order valence-corrected chi connectivity index (χ1v) is 11.9. The van der Waals surface area contributed by atoms with E-state index in [1.54, 1.807) is 0 Å². The normalized spacial score (nSPS) is 19.0. The summed E-state index contributed by atoms with van der Waals surface area (Å²) in [4.78, 5) is 5.06. The van der Waals surface area contributed by atoms with Gasteiger partial charge < -0.3 is 9.80 Å². The number of hydrogen-bond acceptors (Lipinski definition) is 2. The Morgan fingerprint density at radius 3 is 2.38 bits per heavy atom. The predicted octanol–water partition coefficient (Wildman–Crippen LogP) is 6.96. The molecule has 1 unspecified atom stereocenters. The van der Waals surface area contributed by atoms with Crippen LogP contribution in [-0.2, 0) is 0 Å². The second kappa shape index (κ2) is 10.9. The summed E-state index contributed by atoms with van der Waals surface area (Å²) in [6.07, 6.45) is 15.4. The second-order valence-electron chi connectivity index (χ2n) is 9.68. The minimum Gasteiger partial charge on any atom is -0.378 e. The third-order valence-electron chi connectivity index (χ3n) is 7.11. The van der Waals surface area contributed by atoms with Gasteiger partial charge in [-0.15, -0.1) is 0 Å². The number of allylic oxidation sites excluding steroid dienone is 4. The van der Waals surface area contributed by atoms with Gasteiger partial charge in [-0.25, -0.2) is 0 Å². The molecular weight excluding hydrogens is 352 g/mol. The molecule has 1 atom stereocenters. The lowest BCUT2D eigenvalue weighted by molar-refractivity contribution is 0.323. The summed E-state index contributed by atoms with van der Waals surface area (Å²) in [5, 5.41) is 0. The van der Waals surface area contributed by atoms with Crippen molar-refractivity contribution in [2.24, 2.45) is 11.8 Å². The van der Waals surface area contributed by atoms with E-state index >= 15 is 0 Å². The number of nitrogens with zero attached hydrogens (tertiary/aromatic N) is 2. The molecule has 0 amide bonds. The van der Waals surface area contributed by atoms with Crippen LogP contribution < -0.4 is 4.90 Å². The van der Waals surface area contributed by atoms with Crippen molar-refractivity contribution in [2.75, 3.05) is 31.6 Å². The highest BCUT2D eigenvalue weighted by molar-refractivity contribution is 5.47. The second-order valence-corrected chi connectivity index (χ2v) is 9.68. The molecule has 1 aromatic carbocycles. The van der Waals surface area contributed by atoms with E-state index in [0.29, 0.717) is 0 Å². The van der Waals surface area contributed by atoms with Crippen LogP contribution in [0.15, 0.2) is 47.7 Å². The first kappa shape index (κ1) is 22.0. The molecule has 1 aliphatic carbocycles. The summed E-state index contributed by atoms with van der Waals surface area (Å²) in [6, 6.07) is 9.05. The van der Waals surface area contributed by atoms with Gasteiger partial charge in [0.05, 0.1) is 0 Å². The van der Waals surface area contributed by atoms with Crippen LogP contribution in [0.4, 0.5) is 5.69 Å². The van der Waals surface area contributed by atoms with E-state index in [1.165, 1.54) is 93.5 Å². The fraction of sp³-hybridized carbons (Fsp3) is 0.630. The van der Waals surface area contributed by atoms with Gasteiger partial charge >= 0.3 is 0 Å². The van der Waals surface area contributed by atoms with Crippen LogP contribution in [-0.4, -0.2) is 31.6 Å². The fourth-order valence-electron chi connectivity index (χ4n) is 4.74. The number of anilines is 1. The lowest BCUT2D eigenvalue weighted by Crippen LogP contribution is -2.33. The van der Waals surface area contributed by atoms with Crippen LogP contribution in [0.1, 0.15) is 70.8 Å². The van der Waals surface area contributed by atoms with Crippen LogP contribution >= 0.6 is 0 Å². The molecule has 160 valence electrons. The fourth-order valence-corrected chi connectivity index (χ4v) is 4.74. The van der Waals surface area contributed by atoms with Gasteiger partial charge in [0.25, 0.3) is 0 Å². The van der Waals surface area contributed by atoms with E-state index in [4.69, 9.17) is 0 Å². The summed E-state index contributed by atoms with van der Waals surface area (Å²) in [5.41, 5.74) is 5.79. The third-order valence-corrected chi connectivity index (χ3v) is 7.11. The molecule has 0 spiro atoms. The molecule has 0 saturated carbocycles. The van der Waals surface area contributed by atoms with E-state index in [-0.39, 0.29) is 0 Å². The van der Waals surface area contributed by atoms with E-state index in [2.05, 4.69) is 74.0 Å². The summed E-state index contributed by atoms with van der Waals surface area (Å²) in [5.74, 6) is 1.78. The summed E-state index contributed by atoms with van der Waals surface area (Å²) >= 11 is 0. The molecular formula is C27H42N2. The zero-order chi connectivity index (χ0) is 20.6. The summed E-state index contributed by atoms with van der Waals surface area (Å²) in [6.45, 7) is 10.5. The Labute approximate surface area is 179 Å². The smallest absolute Gasteiger partial charge is 0.0366 e. The van der Waals surface area contributed by atoms with Crippen molar-refractivity contribution < 1.29 is 0 Å². The lowest BCUT2D eigenvalue weighted by atomic mass is 9.89. The minimum atomic E-state index is 0.839. The molecule has 2 nitrogen and oxygen atoms in total. The molecule has 0 radical (unpaired) electrons. The van der Waals surface area contributed by atoms with Crippen LogP contribution in [0, 0.1) is 18.8 Å². The maximum atomic E-state index is 2.57. The molecule has 1 aromatic rings. The molecule has 2 heteroatoms. The number of piperidine rings is 1. The molecule has 0 bridgehead atoms. The maximum absolute atomic E-state index is 2.57. The molecule has 1 fully saturated rings. The van der Waals surface area contributed by atoms with Crippen molar-refractivity contribution in [3.8, 4) is 0 Å². The van der Waals surface area contributed by atoms with Gasteiger partial charge in [-0.3, -0.25) is 0 Å². The van der Waals surface area contributed by atoms with Crippen LogP contribution in [0.2, 0.25) is 0 Å². The van der Waals surface area contributed by atoms with Gasteiger partial charge in [-0.2, -0.15) is 0 Å². The molecule has 2 aliphatic rings. The monoisotopic (exact) mass is 394 g/mol. The first-order valence-electron chi connectivity index (χ1n) is 11.9. The Hall–Kier alpha value is -1.70. The molecule has 1 aliphatic heterocycles. The van der Waals surface area contributed by atoms with Gasteiger partial charge in [-0.05, 0) is 76.0 Å². The van der Waals surface area contributed by atoms with E-state index in [1.807, 2.05) is 0 Å². The topological polar surface area (TPSA) is 6.48 Å². The number of hydrogen-bond donors (Lipinski definition) is 0. The lowest BCUT2D eigenvalue weighted by Gasteiger charge is -2.34. The minimum absolute atomic E-state index is 0.839. The molecule has 0 aromatic heterocycles. The van der Waals surface area contributed by atoms with Gasteiger partial charge in [0.15, 0.2) is 0 Å². The highest BCUT2D eigenvalue weighted by Crippen LogP contribution is 2.28. The van der Waals surface area contributed by atoms with Crippen molar-refractivity contribution >= 4 is 5.69 Å².